The summed E-state index contributed by atoms with van der Waals surface area (Å²) in [7, 11) is 0. The predicted octanol–water partition coefficient (Wildman–Crippen LogP) is 7.49. The molecule has 0 saturated carbocycles. The molecule has 0 saturated heterocycles. The Bertz CT molecular complexity index is 1840. The second-order valence-electron chi connectivity index (χ2n) is 13.4. The fraction of sp³-hybridized carbons (Fsp3) is 0.295. The fourth-order valence-electron chi connectivity index (χ4n) is 5.24. The lowest BCUT2D eigenvalue weighted by atomic mass is 10.1. The highest BCUT2D eigenvalue weighted by atomic mass is 16.6. The largest absolute Gasteiger partial charge is 0.491 e. The molecular weight excluding hydrogens is 702 g/mol. The number of hydrogen-bond acceptors (Lipinski definition) is 11. The average Bonchev–Trinajstić information content (AvgIpc) is 3.18. The molecule has 0 fully saturated rings. The molecule has 288 valence electrons. The van der Waals surface area contributed by atoms with Gasteiger partial charge in [-0.25, -0.2) is 14.6 Å². The molecule has 0 bridgehead atoms. The summed E-state index contributed by atoms with van der Waals surface area (Å²) in [6.07, 6.45) is -1.38. The van der Waals surface area contributed by atoms with Crippen LogP contribution in [0.1, 0.15) is 54.2 Å². The number of nitrogens with zero attached hydrogens (tertiary/aromatic N) is 1. The van der Waals surface area contributed by atoms with Gasteiger partial charge in [-0.1, -0.05) is 48.5 Å². The summed E-state index contributed by atoms with van der Waals surface area (Å²) in [4.78, 5) is 30.4. The second-order valence-corrected chi connectivity index (χ2v) is 13.4. The van der Waals surface area contributed by atoms with Crippen molar-refractivity contribution in [2.75, 3.05) is 26.4 Å². The molecule has 4 aromatic carbocycles. The first-order chi connectivity index (χ1) is 26.4. The minimum atomic E-state index is -0.710. The van der Waals surface area contributed by atoms with Crippen molar-refractivity contribution in [1.29, 1.82) is 0 Å². The van der Waals surface area contributed by atoms with Crippen molar-refractivity contribution in [3.8, 4) is 45.3 Å². The van der Waals surface area contributed by atoms with Crippen molar-refractivity contribution in [1.82, 2.24) is 4.98 Å². The van der Waals surface area contributed by atoms with Crippen molar-refractivity contribution in [3.05, 3.63) is 126 Å². The highest BCUT2D eigenvalue weighted by Crippen LogP contribution is 2.27. The van der Waals surface area contributed by atoms with Crippen molar-refractivity contribution in [3.63, 3.8) is 0 Å². The minimum absolute atomic E-state index is 0.0262. The van der Waals surface area contributed by atoms with Crippen LogP contribution < -0.4 is 18.9 Å². The first kappa shape index (κ1) is 40.6. The summed E-state index contributed by atoms with van der Waals surface area (Å²) in [6.45, 7) is 10.1. The lowest BCUT2D eigenvalue weighted by Crippen LogP contribution is -2.22. The van der Waals surface area contributed by atoms with Crippen LogP contribution in [0.4, 0.5) is 0 Å². The van der Waals surface area contributed by atoms with Gasteiger partial charge < -0.3 is 38.6 Å². The Labute approximate surface area is 321 Å². The van der Waals surface area contributed by atoms with Gasteiger partial charge in [0, 0.05) is 0 Å². The summed E-state index contributed by atoms with van der Waals surface area (Å²) in [5, 5.41) is 18.7. The molecular formula is C44H47NO10. The first-order valence-electron chi connectivity index (χ1n) is 18.1. The lowest BCUT2D eigenvalue weighted by Gasteiger charge is -2.15. The number of benzene rings is 4. The van der Waals surface area contributed by atoms with E-state index in [4.69, 9.17) is 28.4 Å². The number of aliphatic hydroxyl groups excluding tert-OH is 2. The van der Waals surface area contributed by atoms with E-state index in [1.165, 1.54) is 0 Å². The molecule has 0 aliphatic heterocycles. The van der Waals surface area contributed by atoms with Gasteiger partial charge in [0.2, 0.25) is 0 Å². The molecule has 0 aliphatic carbocycles. The number of aliphatic hydroxyl groups is 2. The molecule has 0 amide bonds. The van der Waals surface area contributed by atoms with Crippen LogP contribution in [0.3, 0.4) is 0 Å². The first-order valence-corrected chi connectivity index (χ1v) is 18.1. The Morgan fingerprint density at radius 2 is 0.818 bits per heavy atom. The van der Waals surface area contributed by atoms with Gasteiger partial charge in [0.1, 0.15) is 47.6 Å². The van der Waals surface area contributed by atoms with Crippen LogP contribution in [0, 0.1) is 6.92 Å². The Morgan fingerprint density at radius 3 is 1.13 bits per heavy atom. The highest BCUT2D eigenvalue weighted by molar-refractivity contribution is 5.93. The predicted molar refractivity (Wildman–Crippen MR) is 208 cm³/mol. The van der Waals surface area contributed by atoms with Gasteiger partial charge in [-0.15, -0.1) is 0 Å². The van der Waals surface area contributed by atoms with Crippen molar-refractivity contribution < 1.29 is 48.2 Å². The number of hydrogen-bond donors (Lipinski definition) is 2. The van der Waals surface area contributed by atoms with Crippen molar-refractivity contribution >= 4 is 11.9 Å². The van der Waals surface area contributed by atoms with Crippen LogP contribution in [0.25, 0.3) is 22.3 Å². The molecule has 11 heteroatoms. The topological polar surface area (TPSA) is 143 Å². The number of carbonyl (C=O) groups excluding carboxylic acids is 2. The zero-order valence-corrected chi connectivity index (χ0v) is 31.6. The third-order valence-corrected chi connectivity index (χ3v) is 8.11. The third kappa shape index (κ3) is 12.8. The van der Waals surface area contributed by atoms with Crippen LogP contribution in [0.15, 0.2) is 109 Å². The van der Waals surface area contributed by atoms with Crippen LogP contribution in [0.5, 0.6) is 23.0 Å². The smallest absolute Gasteiger partial charge is 0.362 e. The molecule has 0 spiro atoms. The van der Waals surface area contributed by atoms with Gasteiger partial charge in [-0.3, -0.25) is 0 Å². The Balaban J connectivity index is 1.13. The van der Waals surface area contributed by atoms with Gasteiger partial charge in [-0.2, -0.15) is 0 Å². The SMILES string of the molecule is Cc1cc(C(=O)Oc2ccc(-c3ccc(OCC(C)OCC(C)O)cc3)cc2)nc(C(=O)Oc2ccc(-c3ccc(OCC(C)OCC(C)O)cc3)cc2)c1. The standard InChI is InChI=1S/C44H47NO10/c1-28-22-41(43(48)54-39-18-10-35(11-19-39)33-6-14-37(15-7-33)52-26-31(4)50-24-29(2)46)45-42(23-28)44(49)55-40-20-12-36(13-21-40)34-8-16-38(17-9-34)53-27-32(5)51-25-30(3)47/h6-23,29-32,46-47H,24-27H2,1-5H3. The summed E-state index contributed by atoms with van der Waals surface area (Å²) < 4.78 is 33.8. The van der Waals surface area contributed by atoms with Gasteiger partial charge in [-0.05, 0) is 123 Å². The van der Waals surface area contributed by atoms with Gasteiger partial charge in [0.15, 0.2) is 0 Å². The highest BCUT2D eigenvalue weighted by Gasteiger charge is 2.18. The zero-order valence-electron chi connectivity index (χ0n) is 31.6. The molecule has 0 aliphatic rings. The van der Waals surface area contributed by atoms with Crippen molar-refractivity contribution in [2.45, 2.75) is 59.0 Å². The summed E-state index contributed by atoms with van der Waals surface area (Å²) >= 11 is 0. The van der Waals surface area contributed by atoms with E-state index in [2.05, 4.69) is 4.98 Å². The molecule has 4 atom stereocenters. The molecule has 1 heterocycles. The van der Waals surface area contributed by atoms with Crippen molar-refractivity contribution in [2.24, 2.45) is 0 Å². The Morgan fingerprint density at radius 1 is 0.509 bits per heavy atom. The van der Waals surface area contributed by atoms with E-state index in [1.807, 2.05) is 86.6 Å². The summed E-state index contributed by atoms with van der Waals surface area (Å²) in [6, 6.07) is 32.4. The minimum Gasteiger partial charge on any atom is -0.491 e. The maximum Gasteiger partial charge on any atom is 0.362 e. The van der Waals surface area contributed by atoms with E-state index in [1.54, 1.807) is 57.2 Å². The Kier molecular flexibility index (Phi) is 14.5. The van der Waals surface area contributed by atoms with Gasteiger partial charge >= 0.3 is 11.9 Å². The van der Waals surface area contributed by atoms with E-state index in [9.17, 15) is 19.8 Å². The average molecular weight is 750 g/mol. The molecule has 5 aromatic rings. The molecule has 0 radical (unpaired) electrons. The molecule has 55 heavy (non-hydrogen) atoms. The van der Waals surface area contributed by atoms with E-state index < -0.39 is 24.1 Å². The van der Waals surface area contributed by atoms with Crippen LogP contribution in [-0.2, 0) is 9.47 Å². The van der Waals surface area contributed by atoms with Gasteiger partial charge in [0.05, 0.1) is 37.6 Å². The Hall–Kier alpha value is -5.59. The molecule has 5 rings (SSSR count). The van der Waals surface area contributed by atoms with Crippen LogP contribution in [-0.4, -0.2) is 78.0 Å². The summed E-state index contributed by atoms with van der Waals surface area (Å²) in [5.41, 5.74) is 4.31. The fourth-order valence-corrected chi connectivity index (χ4v) is 5.24. The van der Waals surface area contributed by atoms with E-state index in [0.717, 1.165) is 22.3 Å². The number of pyridine rings is 1. The van der Waals surface area contributed by atoms with Gasteiger partial charge in [0.25, 0.3) is 0 Å². The molecule has 11 nitrogen and oxygen atoms in total. The molecule has 4 unspecified atom stereocenters. The maximum atomic E-state index is 13.1. The number of aryl methyl sites for hydroxylation is 1. The lowest BCUT2D eigenvalue weighted by molar-refractivity contribution is -0.0132. The van der Waals surface area contributed by atoms with E-state index in [-0.39, 0.29) is 36.8 Å². The number of ether oxygens (including phenoxy) is 6. The monoisotopic (exact) mass is 749 g/mol. The normalized spacial score (nSPS) is 13.3. The maximum absolute atomic E-state index is 13.1. The molecule has 1 aromatic heterocycles. The van der Waals surface area contributed by atoms with E-state index in [0.29, 0.717) is 41.8 Å². The van der Waals surface area contributed by atoms with Crippen LogP contribution >= 0.6 is 0 Å². The van der Waals surface area contributed by atoms with Crippen LogP contribution in [0.2, 0.25) is 0 Å². The van der Waals surface area contributed by atoms with E-state index >= 15 is 0 Å². The number of esters is 2. The second kappa shape index (κ2) is 19.7. The third-order valence-electron chi connectivity index (χ3n) is 8.11. The zero-order chi connectivity index (χ0) is 39.3. The number of aromatic nitrogens is 1. The molecule has 2 N–H and O–H groups in total. The number of rotatable bonds is 18. The quantitative estimate of drug-likeness (QED) is 0.0680. The summed E-state index contributed by atoms with van der Waals surface area (Å²) in [5.74, 6) is 0.616. The number of carbonyl (C=O) groups is 2.